The van der Waals surface area contributed by atoms with Gasteiger partial charge in [0.2, 0.25) is 0 Å². The summed E-state index contributed by atoms with van der Waals surface area (Å²) in [5.41, 5.74) is 0. The summed E-state index contributed by atoms with van der Waals surface area (Å²) in [6.07, 6.45) is 2.76. The van der Waals surface area contributed by atoms with Crippen molar-refractivity contribution in [2.45, 2.75) is 10.1 Å². The lowest BCUT2D eigenvalue weighted by molar-refractivity contribution is 0.444. The summed E-state index contributed by atoms with van der Waals surface area (Å²) in [4.78, 5) is 4.22. The monoisotopic (exact) mass is 211 g/mol. The lowest BCUT2D eigenvalue weighted by Crippen LogP contribution is -1.92. The van der Waals surface area contributed by atoms with Crippen molar-refractivity contribution in [3.05, 3.63) is 42.5 Å². The van der Waals surface area contributed by atoms with Crippen molar-refractivity contribution in [2.75, 3.05) is 0 Å². The summed E-state index contributed by atoms with van der Waals surface area (Å²) in [6, 6.07) is 5.37. The van der Waals surface area contributed by atoms with Crippen molar-refractivity contribution in [2.24, 2.45) is 0 Å². The molecule has 1 heterocycles. The molecule has 14 heavy (non-hydrogen) atoms. The Kier molecular flexibility index (Phi) is 2.41. The van der Waals surface area contributed by atoms with Crippen LogP contribution in [-0.2, 0) is 10.8 Å². The first-order valence-electron chi connectivity index (χ1n) is 3.84. The quantitative estimate of drug-likeness (QED) is 0.762. The van der Waals surface area contributed by atoms with Gasteiger partial charge < -0.3 is 4.42 Å². The van der Waals surface area contributed by atoms with E-state index in [9.17, 15) is 8.60 Å². The molecule has 0 aliphatic carbocycles. The maximum absolute atomic E-state index is 12.6. The van der Waals surface area contributed by atoms with Crippen LogP contribution in [0, 0.1) is 5.82 Å². The Morgan fingerprint density at radius 2 is 2.00 bits per heavy atom. The van der Waals surface area contributed by atoms with Gasteiger partial charge >= 0.3 is 0 Å². The van der Waals surface area contributed by atoms with E-state index in [4.69, 9.17) is 4.42 Å². The zero-order chi connectivity index (χ0) is 9.97. The molecule has 0 fully saturated rings. The molecule has 1 aromatic carbocycles. The molecule has 2 rings (SSSR count). The average molecular weight is 211 g/mol. The second kappa shape index (κ2) is 3.71. The van der Waals surface area contributed by atoms with Gasteiger partial charge in [-0.15, -0.1) is 0 Å². The lowest BCUT2D eigenvalue weighted by atomic mass is 10.4. The summed E-state index contributed by atoms with van der Waals surface area (Å²) in [5.74, 6) is -0.363. The molecule has 0 aliphatic rings. The predicted octanol–water partition coefficient (Wildman–Crippen LogP) is 1.98. The summed E-state index contributed by atoms with van der Waals surface area (Å²) >= 11 is 0. The molecule has 0 bridgehead atoms. The SMILES string of the molecule is O=S(c1ccc(F)cc1)c1ncco1. The van der Waals surface area contributed by atoms with E-state index in [1.807, 2.05) is 0 Å². The van der Waals surface area contributed by atoms with Crippen LogP contribution in [0.2, 0.25) is 0 Å². The number of rotatable bonds is 2. The van der Waals surface area contributed by atoms with Gasteiger partial charge in [0.25, 0.3) is 5.22 Å². The molecule has 0 amide bonds. The molecule has 72 valence electrons. The van der Waals surface area contributed by atoms with Gasteiger partial charge in [-0.2, -0.15) is 0 Å². The summed E-state index contributed by atoms with van der Waals surface area (Å²) < 4.78 is 29.1. The summed E-state index contributed by atoms with van der Waals surface area (Å²) in [7, 11) is -1.47. The number of aromatic nitrogens is 1. The topological polar surface area (TPSA) is 43.1 Å². The van der Waals surface area contributed by atoms with Gasteiger partial charge in [0.05, 0.1) is 6.20 Å². The Balaban J connectivity index is 2.33. The third kappa shape index (κ3) is 1.72. The van der Waals surface area contributed by atoms with E-state index in [-0.39, 0.29) is 11.0 Å². The molecule has 5 heteroatoms. The van der Waals surface area contributed by atoms with Gasteiger partial charge in [0, 0.05) is 4.90 Å². The molecule has 1 aromatic heterocycles. The van der Waals surface area contributed by atoms with Crippen molar-refractivity contribution in [3.63, 3.8) is 0 Å². The van der Waals surface area contributed by atoms with Crippen molar-refractivity contribution in [3.8, 4) is 0 Å². The molecule has 3 nitrogen and oxygen atoms in total. The van der Waals surface area contributed by atoms with E-state index < -0.39 is 10.8 Å². The minimum absolute atomic E-state index is 0.122. The van der Waals surface area contributed by atoms with E-state index in [1.54, 1.807) is 0 Å². The number of oxazole rings is 1. The van der Waals surface area contributed by atoms with Crippen LogP contribution in [0.5, 0.6) is 0 Å². The van der Waals surface area contributed by atoms with Crippen LogP contribution in [0.1, 0.15) is 0 Å². The third-order valence-electron chi connectivity index (χ3n) is 1.60. The van der Waals surface area contributed by atoms with Crippen LogP contribution >= 0.6 is 0 Å². The standard InChI is InChI=1S/C9H6FNO2S/c10-7-1-3-8(4-2-7)14(12)9-11-5-6-13-9/h1-6H. The van der Waals surface area contributed by atoms with Crippen LogP contribution in [0.4, 0.5) is 4.39 Å². The molecule has 1 unspecified atom stereocenters. The number of hydrogen-bond donors (Lipinski definition) is 0. The van der Waals surface area contributed by atoms with Crippen LogP contribution < -0.4 is 0 Å². The lowest BCUT2D eigenvalue weighted by Gasteiger charge is -1.96. The highest BCUT2D eigenvalue weighted by Gasteiger charge is 2.10. The van der Waals surface area contributed by atoms with Crippen LogP contribution in [0.3, 0.4) is 0 Å². The minimum Gasteiger partial charge on any atom is -0.438 e. The van der Waals surface area contributed by atoms with Gasteiger partial charge in [-0.05, 0) is 24.3 Å². The molecule has 0 saturated heterocycles. The molecule has 0 radical (unpaired) electrons. The van der Waals surface area contributed by atoms with E-state index in [2.05, 4.69) is 4.98 Å². The molecular weight excluding hydrogens is 205 g/mol. The van der Waals surface area contributed by atoms with Crippen molar-refractivity contribution < 1.29 is 13.0 Å². The highest BCUT2D eigenvalue weighted by molar-refractivity contribution is 7.84. The number of benzene rings is 1. The molecule has 1 atom stereocenters. The normalized spacial score (nSPS) is 12.6. The first kappa shape index (κ1) is 9.08. The Hall–Kier alpha value is -1.49. The second-order valence-corrected chi connectivity index (χ2v) is 3.88. The Morgan fingerprint density at radius 1 is 1.29 bits per heavy atom. The molecule has 0 spiro atoms. The summed E-state index contributed by atoms with van der Waals surface area (Å²) in [6.45, 7) is 0. The third-order valence-corrected chi connectivity index (χ3v) is 2.82. The fourth-order valence-corrected chi connectivity index (χ4v) is 1.85. The van der Waals surface area contributed by atoms with E-state index >= 15 is 0 Å². The van der Waals surface area contributed by atoms with E-state index in [1.165, 1.54) is 36.7 Å². The fraction of sp³-hybridized carbons (Fsp3) is 0. The van der Waals surface area contributed by atoms with Gasteiger partial charge in [0.15, 0.2) is 0 Å². The molecule has 0 N–H and O–H groups in total. The Morgan fingerprint density at radius 3 is 2.57 bits per heavy atom. The fourth-order valence-electron chi connectivity index (χ4n) is 0.961. The Labute approximate surface area is 82.0 Å². The van der Waals surface area contributed by atoms with Crippen LogP contribution in [0.15, 0.2) is 51.3 Å². The minimum atomic E-state index is -1.47. The van der Waals surface area contributed by atoms with E-state index in [0.717, 1.165) is 0 Å². The average Bonchev–Trinajstić information content (AvgIpc) is 2.71. The number of hydrogen-bond acceptors (Lipinski definition) is 3. The highest BCUT2D eigenvalue weighted by atomic mass is 32.2. The maximum Gasteiger partial charge on any atom is 0.291 e. The number of halogens is 1. The molecule has 2 aromatic rings. The van der Waals surface area contributed by atoms with Crippen LogP contribution in [0.25, 0.3) is 0 Å². The van der Waals surface area contributed by atoms with Crippen molar-refractivity contribution >= 4 is 10.8 Å². The van der Waals surface area contributed by atoms with Gasteiger partial charge in [-0.1, -0.05) is 0 Å². The molecular formula is C9H6FNO2S. The highest BCUT2D eigenvalue weighted by Crippen LogP contribution is 2.14. The van der Waals surface area contributed by atoms with Gasteiger partial charge in [0.1, 0.15) is 22.9 Å². The van der Waals surface area contributed by atoms with Crippen LogP contribution in [-0.4, -0.2) is 9.19 Å². The smallest absolute Gasteiger partial charge is 0.291 e. The first-order chi connectivity index (χ1) is 6.77. The van der Waals surface area contributed by atoms with E-state index in [0.29, 0.717) is 4.90 Å². The maximum atomic E-state index is 12.6. The van der Waals surface area contributed by atoms with Crippen molar-refractivity contribution in [1.29, 1.82) is 0 Å². The second-order valence-electron chi connectivity index (χ2n) is 2.52. The molecule has 0 aliphatic heterocycles. The number of nitrogens with zero attached hydrogens (tertiary/aromatic N) is 1. The Bertz CT molecular complexity index is 438. The van der Waals surface area contributed by atoms with Crippen molar-refractivity contribution in [1.82, 2.24) is 4.98 Å². The zero-order valence-electron chi connectivity index (χ0n) is 7.01. The zero-order valence-corrected chi connectivity index (χ0v) is 7.83. The largest absolute Gasteiger partial charge is 0.438 e. The van der Waals surface area contributed by atoms with Gasteiger partial charge in [-0.25, -0.2) is 13.6 Å². The summed E-state index contributed by atoms with van der Waals surface area (Å²) in [5, 5.41) is 0.122. The van der Waals surface area contributed by atoms with Gasteiger partial charge in [-0.3, -0.25) is 0 Å². The molecule has 0 saturated carbocycles. The first-order valence-corrected chi connectivity index (χ1v) is 4.99. The predicted molar refractivity (Wildman–Crippen MR) is 47.6 cm³/mol.